The standard InChI is InChI=1S/C7H5ClN2O2/c8-7(10-12)6(11)5-3-1-2-4-9-5/h1-4,12H/b10-7-. The highest BCUT2D eigenvalue weighted by Crippen LogP contribution is 1.99. The molecule has 0 fully saturated rings. The lowest BCUT2D eigenvalue weighted by Crippen LogP contribution is -2.09. The molecule has 0 bridgehead atoms. The molecule has 0 aliphatic heterocycles. The van der Waals surface area contributed by atoms with E-state index in [1.807, 2.05) is 0 Å². The summed E-state index contributed by atoms with van der Waals surface area (Å²) in [6, 6.07) is 4.79. The number of Topliss-reactive ketones (excluding diaryl/α,β-unsaturated/α-hetero) is 1. The van der Waals surface area contributed by atoms with Crippen LogP contribution in [0.25, 0.3) is 0 Å². The molecular weight excluding hydrogens is 180 g/mol. The Morgan fingerprint density at radius 3 is 2.83 bits per heavy atom. The van der Waals surface area contributed by atoms with Crippen LogP contribution < -0.4 is 0 Å². The third kappa shape index (κ3) is 1.79. The molecule has 0 aliphatic carbocycles. The van der Waals surface area contributed by atoms with Crippen molar-refractivity contribution in [3.63, 3.8) is 0 Å². The van der Waals surface area contributed by atoms with Crippen molar-refractivity contribution in [1.82, 2.24) is 4.98 Å². The summed E-state index contributed by atoms with van der Waals surface area (Å²) in [5.41, 5.74) is 0.153. The number of rotatable bonds is 2. The summed E-state index contributed by atoms with van der Waals surface area (Å²) in [4.78, 5) is 14.8. The van der Waals surface area contributed by atoms with Gasteiger partial charge in [-0.2, -0.15) is 0 Å². The van der Waals surface area contributed by atoms with Crippen LogP contribution in [-0.2, 0) is 0 Å². The lowest BCUT2D eigenvalue weighted by atomic mass is 10.3. The number of hydrogen-bond acceptors (Lipinski definition) is 4. The van der Waals surface area contributed by atoms with Crippen LogP contribution in [0.3, 0.4) is 0 Å². The van der Waals surface area contributed by atoms with Gasteiger partial charge in [0.1, 0.15) is 5.69 Å². The van der Waals surface area contributed by atoms with E-state index in [9.17, 15) is 4.79 Å². The van der Waals surface area contributed by atoms with Gasteiger partial charge in [-0.3, -0.25) is 9.78 Å². The van der Waals surface area contributed by atoms with Gasteiger partial charge in [-0.05, 0) is 12.1 Å². The number of carbonyl (C=O) groups excluding carboxylic acids is 1. The van der Waals surface area contributed by atoms with Gasteiger partial charge < -0.3 is 5.21 Å². The van der Waals surface area contributed by atoms with Crippen LogP contribution in [0, 0.1) is 0 Å². The molecule has 0 atom stereocenters. The number of halogens is 1. The molecule has 0 saturated carbocycles. The van der Waals surface area contributed by atoms with Crippen molar-refractivity contribution in [3.05, 3.63) is 30.1 Å². The number of oxime groups is 1. The van der Waals surface area contributed by atoms with E-state index in [-0.39, 0.29) is 5.69 Å². The maximum atomic E-state index is 11.1. The maximum Gasteiger partial charge on any atom is 0.244 e. The number of aromatic nitrogens is 1. The van der Waals surface area contributed by atoms with E-state index in [1.165, 1.54) is 12.3 Å². The van der Waals surface area contributed by atoms with Crippen LogP contribution in [0.4, 0.5) is 0 Å². The molecule has 1 rings (SSSR count). The Hall–Kier alpha value is -1.42. The molecule has 0 amide bonds. The second-order valence-corrected chi connectivity index (χ2v) is 2.29. The lowest BCUT2D eigenvalue weighted by Gasteiger charge is -1.93. The summed E-state index contributed by atoms with van der Waals surface area (Å²) in [5.74, 6) is -0.597. The fourth-order valence-corrected chi connectivity index (χ4v) is 0.745. The van der Waals surface area contributed by atoms with Crippen molar-refractivity contribution in [2.45, 2.75) is 0 Å². The SMILES string of the molecule is O=C(/C(Cl)=N/O)c1ccccn1. The van der Waals surface area contributed by atoms with E-state index in [1.54, 1.807) is 12.1 Å². The van der Waals surface area contributed by atoms with E-state index < -0.39 is 11.0 Å². The number of pyridine rings is 1. The van der Waals surface area contributed by atoms with Crippen molar-refractivity contribution < 1.29 is 10.0 Å². The monoisotopic (exact) mass is 184 g/mol. The Balaban J connectivity index is 2.94. The molecule has 1 aromatic rings. The molecule has 0 aromatic carbocycles. The van der Waals surface area contributed by atoms with E-state index in [4.69, 9.17) is 16.8 Å². The molecule has 0 saturated heterocycles. The first-order chi connectivity index (χ1) is 5.75. The minimum absolute atomic E-state index is 0.153. The minimum Gasteiger partial charge on any atom is -0.410 e. The normalized spacial score (nSPS) is 11.2. The van der Waals surface area contributed by atoms with E-state index in [0.717, 1.165) is 0 Å². The van der Waals surface area contributed by atoms with Gasteiger partial charge in [0.2, 0.25) is 11.0 Å². The largest absolute Gasteiger partial charge is 0.410 e. The second-order valence-electron chi connectivity index (χ2n) is 1.93. The average Bonchev–Trinajstić information content (AvgIpc) is 2.17. The smallest absolute Gasteiger partial charge is 0.244 e. The summed E-state index contributed by atoms with van der Waals surface area (Å²) < 4.78 is 0. The third-order valence-electron chi connectivity index (χ3n) is 1.17. The van der Waals surface area contributed by atoms with Crippen LogP contribution >= 0.6 is 11.6 Å². The van der Waals surface area contributed by atoms with Gasteiger partial charge in [-0.15, -0.1) is 0 Å². The molecule has 1 aromatic heterocycles. The zero-order valence-electron chi connectivity index (χ0n) is 5.94. The number of hydrogen-bond donors (Lipinski definition) is 1. The number of carbonyl (C=O) groups is 1. The zero-order chi connectivity index (χ0) is 8.97. The molecule has 0 radical (unpaired) electrons. The van der Waals surface area contributed by atoms with Gasteiger partial charge >= 0.3 is 0 Å². The maximum absolute atomic E-state index is 11.1. The molecule has 0 spiro atoms. The summed E-state index contributed by atoms with van der Waals surface area (Å²) >= 11 is 5.26. The van der Waals surface area contributed by atoms with Crippen molar-refractivity contribution in [2.75, 3.05) is 0 Å². The summed E-state index contributed by atoms with van der Waals surface area (Å²) in [7, 11) is 0. The summed E-state index contributed by atoms with van der Waals surface area (Å²) in [6.07, 6.45) is 1.45. The van der Waals surface area contributed by atoms with E-state index in [2.05, 4.69) is 10.1 Å². The summed E-state index contributed by atoms with van der Waals surface area (Å²) in [5, 5.41) is 10.2. The Labute approximate surface area is 73.5 Å². The predicted molar refractivity (Wildman–Crippen MR) is 43.6 cm³/mol. The van der Waals surface area contributed by atoms with Crippen molar-refractivity contribution in [1.29, 1.82) is 0 Å². The van der Waals surface area contributed by atoms with Gasteiger partial charge in [0, 0.05) is 6.20 Å². The Morgan fingerprint density at radius 1 is 1.58 bits per heavy atom. The lowest BCUT2D eigenvalue weighted by molar-refractivity contribution is 0.106. The molecule has 62 valence electrons. The van der Waals surface area contributed by atoms with Crippen molar-refractivity contribution in [2.24, 2.45) is 5.16 Å². The Bertz CT molecular complexity index is 310. The average molecular weight is 185 g/mol. The zero-order valence-corrected chi connectivity index (χ0v) is 6.69. The molecule has 5 heteroatoms. The van der Waals surface area contributed by atoms with Crippen LogP contribution in [-0.4, -0.2) is 21.1 Å². The fourth-order valence-electron chi connectivity index (χ4n) is 0.648. The van der Waals surface area contributed by atoms with Gasteiger partial charge in [0.15, 0.2) is 0 Å². The van der Waals surface area contributed by atoms with Gasteiger partial charge in [0.05, 0.1) is 0 Å². The quantitative estimate of drug-likeness (QED) is 0.326. The highest BCUT2D eigenvalue weighted by molar-refractivity contribution is 6.84. The number of ketones is 1. The Morgan fingerprint density at radius 2 is 2.33 bits per heavy atom. The first-order valence-corrected chi connectivity index (χ1v) is 3.47. The van der Waals surface area contributed by atoms with E-state index in [0.29, 0.717) is 0 Å². The highest BCUT2D eigenvalue weighted by atomic mass is 35.5. The topological polar surface area (TPSA) is 62.5 Å². The van der Waals surface area contributed by atoms with Crippen molar-refractivity contribution >= 4 is 22.6 Å². The van der Waals surface area contributed by atoms with Crippen LogP contribution in [0.2, 0.25) is 0 Å². The number of nitrogens with zero attached hydrogens (tertiary/aromatic N) is 2. The van der Waals surface area contributed by atoms with Crippen LogP contribution in [0.1, 0.15) is 10.5 Å². The van der Waals surface area contributed by atoms with Crippen LogP contribution in [0.5, 0.6) is 0 Å². The minimum atomic E-state index is -0.597. The van der Waals surface area contributed by atoms with Gasteiger partial charge in [-0.1, -0.05) is 22.8 Å². The third-order valence-corrected chi connectivity index (χ3v) is 1.42. The Kier molecular flexibility index (Phi) is 2.76. The summed E-state index contributed by atoms with van der Waals surface area (Å²) in [6.45, 7) is 0. The highest BCUT2D eigenvalue weighted by Gasteiger charge is 2.12. The first-order valence-electron chi connectivity index (χ1n) is 3.09. The molecule has 0 unspecified atom stereocenters. The van der Waals surface area contributed by atoms with Gasteiger partial charge in [-0.25, -0.2) is 0 Å². The van der Waals surface area contributed by atoms with Gasteiger partial charge in [0.25, 0.3) is 0 Å². The molecule has 0 aliphatic rings. The molecule has 1 heterocycles. The first kappa shape index (κ1) is 8.67. The molecule has 1 N–H and O–H groups in total. The van der Waals surface area contributed by atoms with Crippen LogP contribution in [0.15, 0.2) is 29.6 Å². The molecule has 12 heavy (non-hydrogen) atoms. The predicted octanol–water partition coefficient (Wildman–Crippen LogP) is 1.29. The van der Waals surface area contributed by atoms with Crippen molar-refractivity contribution in [3.8, 4) is 0 Å². The molecular formula is C7H5ClN2O2. The fraction of sp³-hybridized carbons (Fsp3) is 0. The second kappa shape index (κ2) is 3.82. The molecule has 4 nitrogen and oxygen atoms in total. The van der Waals surface area contributed by atoms with E-state index >= 15 is 0 Å².